The fraction of sp³-hybridized carbons (Fsp3) is 0.0625. The zero-order chi connectivity index (χ0) is 17.4. The lowest BCUT2D eigenvalue weighted by Gasteiger charge is -2.06. The van der Waals surface area contributed by atoms with Crippen molar-refractivity contribution in [1.29, 1.82) is 0 Å². The number of nitrogens with one attached hydrogen (secondary N) is 1. The van der Waals surface area contributed by atoms with Crippen LogP contribution in [0.2, 0.25) is 5.02 Å². The molecule has 8 heteroatoms. The van der Waals surface area contributed by atoms with Gasteiger partial charge < -0.3 is 9.73 Å². The van der Waals surface area contributed by atoms with Crippen molar-refractivity contribution in [2.24, 2.45) is 0 Å². The Morgan fingerprint density at radius 3 is 2.71 bits per heavy atom. The van der Waals surface area contributed by atoms with Crippen LogP contribution in [0.5, 0.6) is 0 Å². The number of aryl methyl sites for hydroxylation is 1. The van der Waals surface area contributed by atoms with Crippen LogP contribution in [0.3, 0.4) is 0 Å². The summed E-state index contributed by atoms with van der Waals surface area (Å²) in [6, 6.07) is 9.19. The largest absolute Gasteiger partial charge is 0.451 e. The van der Waals surface area contributed by atoms with Crippen molar-refractivity contribution in [2.45, 2.75) is 6.92 Å². The second-order valence-electron chi connectivity index (χ2n) is 5.07. The standard InChI is InChI=1S/C16H10BrClN2O4/c1-8-11-6-9(18)2-5-14(11)24-15(8)16(21)19-13-4-3-10(20(22)23)7-12(13)17/h2-7H,1H3,(H,19,21). The van der Waals surface area contributed by atoms with Gasteiger partial charge in [-0.25, -0.2) is 0 Å². The number of hydrogen-bond acceptors (Lipinski definition) is 4. The molecule has 0 aliphatic heterocycles. The molecule has 2 aromatic carbocycles. The molecule has 0 fully saturated rings. The van der Waals surface area contributed by atoms with Gasteiger partial charge >= 0.3 is 0 Å². The van der Waals surface area contributed by atoms with Gasteiger partial charge in [-0.15, -0.1) is 0 Å². The molecule has 3 aromatic rings. The highest BCUT2D eigenvalue weighted by Gasteiger charge is 2.19. The third kappa shape index (κ3) is 3.00. The Morgan fingerprint density at radius 2 is 2.04 bits per heavy atom. The van der Waals surface area contributed by atoms with E-state index >= 15 is 0 Å². The lowest BCUT2D eigenvalue weighted by molar-refractivity contribution is -0.384. The average Bonchev–Trinajstić information content (AvgIpc) is 2.86. The normalized spacial score (nSPS) is 10.8. The SMILES string of the molecule is Cc1c(C(=O)Nc2ccc([N+](=O)[O-])cc2Br)oc2ccc(Cl)cc12. The second-order valence-corrected chi connectivity index (χ2v) is 6.36. The van der Waals surface area contributed by atoms with E-state index in [4.69, 9.17) is 16.0 Å². The molecule has 1 amide bonds. The van der Waals surface area contributed by atoms with Gasteiger partial charge in [-0.05, 0) is 47.1 Å². The molecular formula is C16H10BrClN2O4. The number of amides is 1. The Labute approximate surface area is 149 Å². The topological polar surface area (TPSA) is 85.4 Å². The zero-order valence-corrected chi connectivity index (χ0v) is 14.6. The van der Waals surface area contributed by atoms with Gasteiger partial charge in [-0.2, -0.15) is 0 Å². The number of carbonyl (C=O) groups excluding carboxylic acids is 1. The first-order valence-electron chi connectivity index (χ1n) is 6.81. The average molecular weight is 410 g/mol. The Hall–Kier alpha value is -2.38. The maximum Gasteiger partial charge on any atom is 0.291 e. The van der Waals surface area contributed by atoms with Crippen molar-refractivity contribution >= 4 is 55.8 Å². The molecule has 122 valence electrons. The van der Waals surface area contributed by atoms with E-state index in [0.29, 0.717) is 26.3 Å². The summed E-state index contributed by atoms with van der Waals surface area (Å²) in [5.74, 6) is -0.285. The van der Waals surface area contributed by atoms with E-state index in [0.717, 1.165) is 5.39 Å². The molecule has 0 unspecified atom stereocenters. The minimum absolute atomic E-state index is 0.0746. The summed E-state index contributed by atoms with van der Waals surface area (Å²) in [7, 11) is 0. The molecule has 0 aliphatic carbocycles. The summed E-state index contributed by atoms with van der Waals surface area (Å²) in [6.07, 6.45) is 0. The number of anilines is 1. The Balaban J connectivity index is 1.93. The number of halogens is 2. The molecule has 0 saturated carbocycles. The summed E-state index contributed by atoms with van der Waals surface area (Å²) in [5, 5.41) is 14.7. The van der Waals surface area contributed by atoms with E-state index < -0.39 is 10.8 Å². The highest BCUT2D eigenvalue weighted by atomic mass is 79.9. The van der Waals surface area contributed by atoms with Crippen molar-refractivity contribution in [3.05, 3.63) is 67.3 Å². The van der Waals surface area contributed by atoms with Crippen LogP contribution in [0.4, 0.5) is 11.4 Å². The molecule has 0 atom stereocenters. The molecule has 6 nitrogen and oxygen atoms in total. The van der Waals surface area contributed by atoms with E-state index in [1.165, 1.54) is 18.2 Å². The van der Waals surface area contributed by atoms with E-state index in [2.05, 4.69) is 21.2 Å². The van der Waals surface area contributed by atoms with Gasteiger partial charge in [-0.3, -0.25) is 14.9 Å². The number of nitrogens with zero attached hydrogens (tertiary/aromatic N) is 1. The molecular weight excluding hydrogens is 400 g/mol. The maximum atomic E-state index is 12.5. The van der Waals surface area contributed by atoms with Gasteiger partial charge in [0.05, 0.1) is 10.6 Å². The molecule has 3 rings (SSSR count). The first kappa shape index (κ1) is 16.5. The number of hydrogen-bond donors (Lipinski definition) is 1. The van der Waals surface area contributed by atoms with Crippen molar-refractivity contribution in [1.82, 2.24) is 0 Å². The fourth-order valence-corrected chi connectivity index (χ4v) is 2.95. The van der Waals surface area contributed by atoms with Gasteiger partial charge in [0.15, 0.2) is 5.76 Å². The molecule has 0 bridgehead atoms. The van der Waals surface area contributed by atoms with Gasteiger partial charge in [0.25, 0.3) is 11.6 Å². The van der Waals surface area contributed by atoms with E-state index in [9.17, 15) is 14.9 Å². The number of benzene rings is 2. The number of furan rings is 1. The smallest absolute Gasteiger partial charge is 0.291 e. The van der Waals surface area contributed by atoms with Crippen LogP contribution in [0.1, 0.15) is 16.1 Å². The van der Waals surface area contributed by atoms with Crippen LogP contribution in [0.25, 0.3) is 11.0 Å². The van der Waals surface area contributed by atoms with Crippen molar-refractivity contribution in [3.63, 3.8) is 0 Å². The second kappa shape index (κ2) is 6.26. The summed E-state index contributed by atoms with van der Waals surface area (Å²) in [4.78, 5) is 22.7. The minimum Gasteiger partial charge on any atom is -0.451 e. The Morgan fingerprint density at radius 1 is 1.29 bits per heavy atom. The van der Waals surface area contributed by atoms with Crippen molar-refractivity contribution in [2.75, 3.05) is 5.32 Å². The number of fused-ring (bicyclic) bond motifs is 1. The van der Waals surface area contributed by atoms with E-state index in [-0.39, 0.29) is 11.4 Å². The lowest BCUT2D eigenvalue weighted by atomic mass is 10.1. The number of non-ortho nitro benzene ring substituents is 1. The van der Waals surface area contributed by atoms with Crippen molar-refractivity contribution < 1.29 is 14.1 Å². The van der Waals surface area contributed by atoms with Crippen LogP contribution in [0.15, 0.2) is 45.3 Å². The number of carbonyl (C=O) groups is 1. The number of nitro benzene ring substituents is 1. The Kier molecular flexibility index (Phi) is 4.29. The summed E-state index contributed by atoms with van der Waals surface area (Å²) in [6.45, 7) is 1.77. The predicted molar refractivity (Wildman–Crippen MR) is 94.7 cm³/mol. The third-order valence-corrected chi connectivity index (χ3v) is 4.41. The highest BCUT2D eigenvalue weighted by molar-refractivity contribution is 9.10. The fourth-order valence-electron chi connectivity index (χ4n) is 2.31. The molecule has 0 spiro atoms. The summed E-state index contributed by atoms with van der Waals surface area (Å²) in [5.41, 5.74) is 1.56. The van der Waals surface area contributed by atoms with Crippen LogP contribution >= 0.6 is 27.5 Å². The zero-order valence-electron chi connectivity index (χ0n) is 12.3. The number of rotatable bonds is 3. The molecule has 1 N–H and O–H groups in total. The van der Waals surface area contributed by atoms with Crippen LogP contribution in [-0.2, 0) is 0 Å². The Bertz CT molecular complexity index is 984. The maximum absolute atomic E-state index is 12.5. The predicted octanol–water partition coefficient (Wildman–Crippen LogP) is 5.32. The molecule has 0 radical (unpaired) electrons. The molecule has 0 aliphatic rings. The van der Waals surface area contributed by atoms with Gasteiger partial charge in [-0.1, -0.05) is 11.6 Å². The summed E-state index contributed by atoms with van der Waals surface area (Å²) < 4.78 is 6.00. The van der Waals surface area contributed by atoms with Gasteiger partial charge in [0.1, 0.15) is 5.58 Å². The first-order chi connectivity index (χ1) is 11.4. The van der Waals surface area contributed by atoms with E-state index in [1.807, 2.05) is 0 Å². The molecule has 1 heterocycles. The van der Waals surface area contributed by atoms with Crippen LogP contribution in [-0.4, -0.2) is 10.8 Å². The monoisotopic (exact) mass is 408 g/mol. The number of nitro groups is 1. The van der Waals surface area contributed by atoms with Gasteiger partial charge in [0.2, 0.25) is 0 Å². The first-order valence-corrected chi connectivity index (χ1v) is 7.98. The van der Waals surface area contributed by atoms with Gasteiger partial charge in [0, 0.05) is 32.6 Å². The third-order valence-electron chi connectivity index (χ3n) is 3.52. The minimum atomic E-state index is -0.510. The molecule has 24 heavy (non-hydrogen) atoms. The van der Waals surface area contributed by atoms with Crippen LogP contribution in [0, 0.1) is 17.0 Å². The lowest BCUT2D eigenvalue weighted by Crippen LogP contribution is -2.12. The summed E-state index contributed by atoms with van der Waals surface area (Å²) >= 11 is 9.18. The molecule has 0 saturated heterocycles. The van der Waals surface area contributed by atoms with Crippen molar-refractivity contribution in [3.8, 4) is 0 Å². The van der Waals surface area contributed by atoms with Crippen LogP contribution < -0.4 is 5.32 Å². The van der Waals surface area contributed by atoms with E-state index in [1.54, 1.807) is 25.1 Å². The molecule has 1 aromatic heterocycles. The highest BCUT2D eigenvalue weighted by Crippen LogP contribution is 2.30. The quantitative estimate of drug-likeness (QED) is 0.469.